The third-order valence-corrected chi connectivity index (χ3v) is 4.08. The van der Waals surface area contributed by atoms with E-state index in [1.165, 1.54) is 24.0 Å². The van der Waals surface area contributed by atoms with Crippen LogP contribution < -0.4 is 5.32 Å². The fourth-order valence-electron chi connectivity index (χ4n) is 2.97. The van der Waals surface area contributed by atoms with Crippen LogP contribution in [-0.4, -0.2) is 25.5 Å². The molecule has 2 aliphatic heterocycles. The van der Waals surface area contributed by atoms with E-state index in [2.05, 4.69) is 29.6 Å². The van der Waals surface area contributed by atoms with Crippen molar-refractivity contribution in [3.63, 3.8) is 0 Å². The average molecular weight is 261 g/mol. The largest absolute Gasteiger partial charge is 0.347 e. The zero-order valence-electron chi connectivity index (χ0n) is 11.8. The van der Waals surface area contributed by atoms with E-state index in [4.69, 9.17) is 9.47 Å². The van der Waals surface area contributed by atoms with Gasteiger partial charge in [0.25, 0.3) is 0 Å². The van der Waals surface area contributed by atoms with E-state index in [1.54, 1.807) is 0 Å². The SMILES string of the molecule is CC1(C)OCC(c2ccc(C3CCCNC3)cc2)O1. The van der Waals surface area contributed by atoms with E-state index < -0.39 is 5.79 Å². The molecule has 2 atom stereocenters. The second-order valence-corrected chi connectivity index (χ2v) is 6.03. The Labute approximate surface area is 115 Å². The van der Waals surface area contributed by atoms with Gasteiger partial charge in [0, 0.05) is 6.54 Å². The highest BCUT2D eigenvalue weighted by Gasteiger charge is 2.33. The van der Waals surface area contributed by atoms with Gasteiger partial charge in [-0.25, -0.2) is 0 Å². The van der Waals surface area contributed by atoms with Gasteiger partial charge in [0.1, 0.15) is 6.10 Å². The van der Waals surface area contributed by atoms with Crippen LogP contribution in [-0.2, 0) is 9.47 Å². The smallest absolute Gasteiger partial charge is 0.163 e. The number of nitrogens with one attached hydrogen (secondary N) is 1. The lowest BCUT2D eigenvalue weighted by Crippen LogP contribution is -2.28. The maximum absolute atomic E-state index is 5.89. The molecule has 2 fully saturated rings. The Morgan fingerprint density at radius 1 is 1.16 bits per heavy atom. The number of rotatable bonds is 2. The summed E-state index contributed by atoms with van der Waals surface area (Å²) < 4.78 is 11.5. The molecule has 1 aromatic rings. The minimum atomic E-state index is -0.448. The highest BCUT2D eigenvalue weighted by Crippen LogP contribution is 2.33. The molecule has 0 aromatic heterocycles. The molecule has 0 saturated carbocycles. The van der Waals surface area contributed by atoms with Crippen molar-refractivity contribution in [3.05, 3.63) is 35.4 Å². The zero-order chi connectivity index (χ0) is 13.3. The summed E-state index contributed by atoms with van der Waals surface area (Å²) >= 11 is 0. The summed E-state index contributed by atoms with van der Waals surface area (Å²) in [5.74, 6) is 0.219. The van der Waals surface area contributed by atoms with Gasteiger partial charge in [-0.15, -0.1) is 0 Å². The molecule has 0 bridgehead atoms. The van der Waals surface area contributed by atoms with Gasteiger partial charge in [0.05, 0.1) is 6.61 Å². The van der Waals surface area contributed by atoms with Gasteiger partial charge >= 0.3 is 0 Å². The lowest BCUT2D eigenvalue weighted by molar-refractivity contribution is -0.139. The summed E-state index contributed by atoms with van der Waals surface area (Å²) in [5, 5.41) is 3.47. The summed E-state index contributed by atoms with van der Waals surface area (Å²) in [5.41, 5.74) is 2.66. The first kappa shape index (κ1) is 13.1. The highest BCUT2D eigenvalue weighted by molar-refractivity contribution is 5.28. The van der Waals surface area contributed by atoms with Gasteiger partial charge in [-0.1, -0.05) is 24.3 Å². The molecular formula is C16H23NO2. The third kappa shape index (κ3) is 2.99. The molecule has 0 amide bonds. The summed E-state index contributed by atoms with van der Waals surface area (Å²) in [4.78, 5) is 0. The number of piperidine rings is 1. The van der Waals surface area contributed by atoms with Crippen molar-refractivity contribution in [1.82, 2.24) is 5.32 Å². The summed E-state index contributed by atoms with van der Waals surface area (Å²) in [6, 6.07) is 8.89. The van der Waals surface area contributed by atoms with Gasteiger partial charge in [0.15, 0.2) is 5.79 Å². The molecule has 2 heterocycles. The Morgan fingerprint density at radius 2 is 1.89 bits per heavy atom. The second-order valence-electron chi connectivity index (χ2n) is 6.03. The molecule has 2 aliphatic rings. The Hall–Kier alpha value is -0.900. The quantitative estimate of drug-likeness (QED) is 0.888. The Kier molecular flexibility index (Phi) is 3.61. The van der Waals surface area contributed by atoms with Crippen LogP contribution in [0.3, 0.4) is 0 Å². The molecule has 2 unspecified atom stereocenters. The summed E-state index contributed by atoms with van der Waals surface area (Å²) in [7, 11) is 0. The van der Waals surface area contributed by atoms with E-state index in [9.17, 15) is 0 Å². The number of ether oxygens (including phenoxy) is 2. The van der Waals surface area contributed by atoms with E-state index in [1.807, 2.05) is 13.8 Å². The molecule has 2 saturated heterocycles. The van der Waals surface area contributed by atoms with E-state index in [-0.39, 0.29) is 6.10 Å². The zero-order valence-corrected chi connectivity index (χ0v) is 11.8. The van der Waals surface area contributed by atoms with Crippen LogP contribution in [0.1, 0.15) is 49.8 Å². The lowest BCUT2D eigenvalue weighted by atomic mass is 9.91. The van der Waals surface area contributed by atoms with Gasteiger partial charge in [-0.2, -0.15) is 0 Å². The minimum absolute atomic E-state index is 0.0773. The number of benzene rings is 1. The third-order valence-electron chi connectivity index (χ3n) is 4.08. The first-order chi connectivity index (χ1) is 9.14. The van der Waals surface area contributed by atoms with Crippen molar-refractivity contribution in [2.45, 2.75) is 44.5 Å². The number of hydrogen-bond acceptors (Lipinski definition) is 3. The summed E-state index contributed by atoms with van der Waals surface area (Å²) in [6.45, 7) is 6.85. The lowest BCUT2D eigenvalue weighted by Gasteiger charge is -2.23. The van der Waals surface area contributed by atoms with Gasteiger partial charge < -0.3 is 14.8 Å². The highest BCUT2D eigenvalue weighted by atomic mass is 16.7. The molecule has 0 aliphatic carbocycles. The molecule has 104 valence electrons. The van der Waals surface area contributed by atoms with Crippen LogP contribution in [0, 0.1) is 0 Å². The van der Waals surface area contributed by atoms with Crippen LogP contribution in [0.2, 0.25) is 0 Å². The first-order valence-corrected chi connectivity index (χ1v) is 7.26. The molecule has 3 nitrogen and oxygen atoms in total. The number of hydrogen-bond donors (Lipinski definition) is 1. The van der Waals surface area contributed by atoms with Crippen LogP contribution in [0.25, 0.3) is 0 Å². The van der Waals surface area contributed by atoms with Crippen molar-refractivity contribution >= 4 is 0 Å². The summed E-state index contributed by atoms with van der Waals surface area (Å²) in [6.07, 6.45) is 2.65. The van der Waals surface area contributed by atoms with Gasteiger partial charge in [0.2, 0.25) is 0 Å². The van der Waals surface area contributed by atoms with Gasteiger partial charge in [-0.3, -0.25) is 0 Å². The maximum Gasteiger partial charge on any atom is 0.163 e. The van der Waals surface area contributed by atoms with Crippen molar-refractivity contribution in [2.24, 2.45) is 0 Å². The fraction of sp³-hybridized carbons (Fsp3) is 0.625. The second kappa shape index (κ2) is 5.23. The van der Waals surface area contributed by atoms with Crippen LogP contribution in [0.5, 0.6) is 0 Å². The predicted octanol–water partition coefficient (Wildman–Crippen LogP) is 2.98. The van der Waals surface area contributed by atoms with Crippen LogP contribution >= 0.6 is 0 Å². The van der Waals surface area contributed by atoms with Gasteiger partial charge in [-0.05, 0) is 50.3 Å². The minimum Gasteiger partial charge on any atom is -0.347 e. The molecule has 1 N–H and O–H groups in total. The Morgan fingerprint density at radius 3 is 2.47 bits per heavy atom. The molecule has 19 heavy (non-hydrogen) atoms. The molecule has 3 heteroatoms. The Bertz CT molecular complexity index is 421. The monoisotopic (exact) mass is 261 g/mol. The molecule has 3 rings (SSSR count). The fourth-order valence-corrected chi connectivity index (χ4v) is 2.97. The van der Waals surface area contributed by atoms with Crippen molar-refractivity contribution < 1.29 is 9.47 Å². The molecular weight excluding hydrogens is 238 g/mol. The first-order valence-electron chi connectivity index (χ1n) is 7.26. The standard InChI is InChI=1S/C16H23NO2/c1-16(2)18-11-15(19-16)13-7-5-12(6-8-13)14-4-3-9-17-10-14/h5-8,14-15,17H,3-4,9-11H2,1-2H3. The normalized spacial score (nSPS) is 30.4. The van der Waals surface area contributed by atoms with Crippen molar-refractivity contribution in [2.75, 3.05) is 19.7 Å². The van der Waals surface area contributed by atoms with Crippen molar-refractivity contribution in [3.8, 4) is 0 Å². The topological polar surface area (TPSA) is 30.5 Å². The van der Waals surface area contributed by atoms with E-state index in [0.717, 1.165) is 13.1 Å². The van der Waals surface area contributed by atoms with E-state index >= 15 is 0 Å². The van der Waals surface area contributed by atoms with Crippen LogP contribution in [0.15, 0.2) is 24.3 Å². The molecule has 0 radical (unpaired) electrons. The van der Waals surface area contributed by atoms with Crippen LogP contribution in [0.4, 0.5) is 0 Å². The Balaban J connectivity index is 1.69. The van der Waals surface area contributed by atoms with E-state index in [0.29, 0.717) is 12.5 Å². The van der Waals surface area contributed by atoms with Crippen molar-refractivity contribution in [1.29, 1.82) is 0 Å². The predicted molar refractivity (Wildman–Crippen MR) is 75.1 cm³/mol. The average Bonchev–Trinajstić information content (AvgIpc) is 2.80. The molecule has 0 spiro atoms. The maximum atomic E-state index is 5.89. The molecule has 1 aromatic carbocycles.